The third kappa shape index (κ3) is 4.80. The van der Waals surface area contributed by atoms with Gasteiger partial charge >= 0.3 is 5.69 Å². The molecule has 0 radical (unpaired) electrons. The van der Waals surface area contributed by atoms with Crippen molar-refractivity contribution in [3.63, 3.8) is 0 Å². The maximum absolute atomic E-state index is 12.5. The van der Waals surface area contributed by atoms with E-state index in [1.807, 2.05) is 0 Å². The van der Waals surface area contributed by atoms with Crippen LogP contribution >= 0.6 is 0 Å². The smallest absolute Gasteiger partial charge is 0.346 e. The van der Waals surface area contributed by atoms with Crippen molar-refractivity contribution < 1.29 is 13.2 Å². The van der Waals surface area contributed by atoms with Gasteiger partial charge in [0.25, 0.3) is 0 Å². The Labute approximate surface area is 163 Å². The first-order chi connectivity index (χ1) is 13.2. The second-order valence-corrected chi connectivity index (χ2v) is 8.82. The second kappa shape index (κ2) is 8.17. The minimum atomic E-state index is -3.44. The second-order valence-electron chi connectivity index (χ2n) is 7.07. The number of carbonyl (C=O) groups is 1. The Bertz CT molecular complexity index is 1020. The van der Waals surface area contributed by atoms with Crippen molar-refractivity contribution in [1.29, 1.82) is 0 Å². The molecule has 1 aromatic heterocycles. The van der Waals surface area contributed by atoms with Gasteiger partial charge in [0.1, 0.15) is 12.4 Å². The molecule has 2 N–H and O–H groups in total. The number of aryl methyl sites for hydroxylation is 1. The number of rotatable bonds is 6. The quantitative estimate of drug-likeness (QED) is 0.742. The molecule has 10 heteroatoms. The van der Waals surface area contributed by atoms with Crippen molar-refractivity contribution in [3.8, 4) is 0 Å². The largest absolute Gasteiger partial charge is 0.348 e. The van der Waals surface area contributed by atoms with E-state index in [1.54, 1.807) is 35.8 Å². The van der Waals surface area contributed by atoms with E-state index in [-0.39, 0.29) is 18.1 Å². The third-order valence-electron chi connectivity index (χ3n) is 4.68. The summed E-state index contributed by atoms with van der Waals surface area (Å²) >= 11 is 0. The van der Waals surface area contributed by atoms with Crippen molar-refractivity contribution in [2.24, 2.45) is 0 Å². The summed E-state index contributed by atoms with van der Waals surface area (Å²) in [7, 11) is -3.44. The van der Waals surface area contributed by atoms with E-state index in [1.165, 1.54) is 4.68 Å². The first kappa shape index (κ1) is 20.1. The van der Waals surface area contributed by atoms with Gasteiger partial charge in [-0.3, -0.25) is 14.1 Å². The minimum absolute atomic E-state index is 0.176. The summed E-state index contributed by atoms with van der Waals surface area (Å²) in [6, 6.07) is 6.40. The number of amides is 1. The van der Waals surface area contributed by atoms with Crippen LogP contribution in [0.25, 0.3) is 0 Å². The van der Waals surface area contributed by atoms with Crippen LogP contribution in [0.4, 0.5) is 5.69 Å². The van der Waals surface area contributed by atoms with Gasteiger partial charge in [-0.25, -0.2) is 17.9 Å². The number of nitrogens with zero attached hydrogens (tertiary/aromatic N) is 3. The Hall–Kier alpha value is -2.62. The third-order valence-corrected chi connectivity index (χ3v) is 5.27. The fourth-order valence-corrected chi connectivity index (χ4v) is 3.98. The van der Waals surface area contributed by atoms with Gasteiger partial charge in [-0.1, -0.05) is 24.6 Å². The molecule has 9 nitrogen and oxygen atoms in total. The van der Waals surface area contributed by atoms with Crippen LogP contribution in [0.2, 0.25) is 0 Å². The summed E-state index contributed by atoms with van der Waals surface area (Å²) in [5.41, 5.74) is 0.775. The molecular weight excluding hydrogens is 382 g/mol. The van der Waals surface area contributed by atoms with Crippen molar-refractivity contribution in [2.45, 2.75) is 51.7 Å². The topological polar surface area (TPSA) is 115 Å². The number of benzene rings is 1. The molecule has 0 aliphatic carbocycles. The predicted molar refractivity (Wildman–Crippen MR) is 106 cm³/mol. The molecule has 1 aliphatic rings. The first-order valence-electron chi connectivity index (χ1n) is 9.27. The number of para-hydroxylation sites is 1. The lowest BCUT2D eigenvalue weighted by atomic mass is 10.1. The van der Waals surface area contributed by atoms with Crippen LogP contribution < -0.4 is 15.7 Å². The summed E-state index contributed by atoms with van der Waals surface area (Å²) < 4.78 is 28.4. The minimum Gasteiger partial charge on any atom is -0.348 e. The lowest BCUT2D eigenvalue weighted by Crippen LogP contribution is -2.35. The van der Waals surface area contributed by atoms with E-state index in [0.717, 1.165) is 37.8 Å². The van der Waals surface area contributed by atoms with E-state index in [9.17, 15) is 18.0 Å². The van der Waals surface area contributed by atoms with Gasteiger partial charge in [0, 0.05) is 13.0 Å². The van der Waals surface area contributed by atoms with Gasteiger partial charge in [0.05, 0.1) is 18.0 Å². The van der Waals surface area contributed by atoms with Crippen LogP contribution in [0, 0.1) is 0 Å². The van der Waals surface area contributed by atoms with Gasteiger partial charge in [0.15, 0.2) is 0 Å². The van der Waals surface area contributed by atoms with Crippen LogP contribution in [0.1, 0.15) is 43.6 Å². The normalized spacial score (nSPS) is 15.4. The number of aromatic nitrogens is 3. The molecule has 0 fully saturated rings. The number of hydrogen-bond acceptors (Lipinski definition) is 5. The van der Waals surface area contributed by atoms with Gasteiger partial charge in [-0.2, -0.15) is 5.10 Å². The molecule has 2 heterocycles. The Morgan fingerprint density at radius 2 is 2.00 bits per heavy atom. The van der Waals surface area contributed by atoms with E-state index in [2.05, 4.69) is 15.1 Å². The average molecular weight is 407 g/mol. The SMILES string of the molecule is CC(NC(=O)Cn1nc2n(c1=O)CCCCC2)c1ccccc1NS(C)(=O)=O. The van der Waals surface area contributed by atoms with Crippen molar-refractivity contribution in [3.05, 3.63) is 46.1 Å². The highest BCUT2D eigenvalue weighted by Gasteiger charge is 2.19. The Morgan fingerprint density at radius 3 is 2.75 bits per heavy atom. The molecule has 1 amide bonds. The van der Waals surface area contributed by atoms with Crippen LogP contribution in [-0.4, -0.2) is 34.9 Å². The lowest BCUT2D eigenvalue weighted by molar-refractivity contribution is -0.122. The number of sulfonamides is 1. The molecule has 0 saturated heterocycles. The highest BCUT2D eigenvalue weighted by atomic mass is 32.2. The highest BCUT2D eigenvalue weighted by molar-refractivity contribution is 7.92. The summed E-state index contributed by atoms with van der Waals surface area (Å²) in [6.07, 6.45) is 4.81. The molecule has 0 bridgehead atoms. The first-order valence-corrected chi connectivity index (χ1v) is 11.2. The number of fused-ring (bicyclic) bond motifs is 1. The number of anilines is 1. The van der Waals surface area contributed by atoms with Gasteiger partial charge in [-0.05, 0) is 31.4 Å². The van der Waals surface area contributed by atoms with Gasteiger partial charge < -0.3 is 5.32 Å². The zero-order valence-corrected chi connectivity index (χ0v) is 16.8. The van der Waals surface area contributed by atoms with E-state index >= 15 is 0 Å². The molecule has 1 atom stereocenters. The molecular formula is C18H25N5O4S. The Morgan fingerprint density at radius 1 is 1.25 bits per heavy atom. The maximum atomic E-state index is 12.5. The Balaban J connectivity index is 1.72. The molecule has 1 aliphatic heterocycles. The summed E-state index contributed by atoms with van der Waals surface area (Å²) in [6.45, 7) is 2.22. The van der Waals surface area contributed by atoms with E-state index < -0.39 is 16.1 Å². The zero-order chi connectivity index (χ0) is 20.3. The van der Waals surface area contributed by atoms with Gasteiger partial charge in [-0.15, -0.1) is 0 Å². The molecule has 1 aromatic carbocycles. The van der Waals surface area contributed by atoms with Crippen molar-refractivity contribution in [1.82, 2.24) is 19.7 Å². The van der Waals surface area contributed by atoms with E-state index in [4.69, 9.17) is 0 Å². The number of hydrogen-bond donors (Lipinski definition) is 2. The van der Waals surface area contributed by atoms with Gasteiger partial charge in [0.2, 0.25) is 15.9 Å². The maximum Gasteiger partial charge on any atom is 0.346 e. The average Bonchev–Trinajstić information content (AvgIpc) is 2.78. The monoisotopic (exact) mass is 407 g/mol. The molecule has 3 rings (SSSR count). The fraction of sp³-hybridized carbons (Fsp3) is 0.500. The Kier molecular flexibility index (Phi) is 5.87. The van der Waals surface area contributed by atoms with Crippen molar-refractivity contribution in [2.75, 3.05) is 11.0 Å². The standard InChI is InChI=1S/C18H25N5O4S/c1-13(14-8-5-6-9-15(14)21-28(2,26)27)19-17(24)12-23-18(25)22-11-7-3-4-10-16(22)20-23/h5-6,8-9,13,21H,3-4,7,10-12H2,1-2H3,(H,19,24). The zero-order valence-electron chi connectivity index (χ0n) is 16.0. The van der Waals surface area contributed by atoms with Crippen molar-refractivity contribution >= 4 is 21.6 Å². The van der Waals surface area contributed by atoms with E-state index in [0.29, 0.717) is 17.8 Å². The molecule has 1 unspecified atom stereocenters. The molecule has 28 heavy (non-hydrogen) atoms. The molecule has 0 spiro atoms. The van der Waals surface area contributed by atoms with Crippen LogP contribution in [0.3, 0.4) is 0 Å². The van der Waals surface area contributed by atoms with Crippen LogP contribution in [-0.2, 0) is 34.3 Å². The summed E-state index contributed by atoms with van der Waals surface area (Å²) in [5, 5.41) is 7.12. The lowest BCUT2D eigenvalue weighted by Gasteiger charge is -2.18. The summed E-state index contributed by atoms with van der Waals surface area (Å²) in [4.78, 5) is 24.9. The molecule has 152 valence electrons. The highest BCUT2D eigenvalue weighted by Crippen LogP contribution is 2.23. The van der Waals surface area contributed by atoms with Crippen LogP contribution in [0.15, 0.2) is 29.1 Å². The molecule has 2 aromatic rings. The summed E-state index contributed by atoms with van der Waals surface area (Å²) in [5.74, 6) is 0.364. The fourth-order valence-electron chi connectivity index (χ4n) is 3.40. The number of nitrogens with one attached hydrogen (secondary N) is 2. The predicted octanol–water partition coefficient (Wildman–Crippen LogP) is 1.02. The van der Waals surface area contributed by atoms with Crippen LogP contribution in [0.5, 0.6) is 0 Å². The molecule has 0 saturated carbocycles. The number of carbonyl (C=O) groups excluding carboxylic acids is 1.